The molecule has 0 fully saturated rings. The van der Waals surface area contributed by atoms with Crippen LogP contribution in [0.25, 0.3) is 0 Å². The average Bonchev–Trinajstić information content (AvgIpc) is 2.86. The van der Waals surface area contributed by atoms with Crippen LogP contribution in [0.15, 0.2) is 41.6 Å². The zero-order valence-corrected chi connectivity index (χ0v) is 10.6. The van der Waals surface area contributed by atoms with Crippen molar-refractivity contribution < 1.29 is 13.2 Å². The first-order valence-electron chi connectivity index (χ1n) is 5.37. The molecule has 0 amide bonds. The van der Waals surface area contributed by atoms with Gasteiger partial charge in [-0.1, -0.05) is 12.1 Å². The molecular weight excluding hydrogens is 254 g/mol. The van der Waals surface area contributed by atoms with E-state index in [0.717, 1.165) is 0 Å². The highest BCUT2D eigenvalue weighted by atomic mass is 32.2. The maximum atomic E-state index is 12.0. The largest absolute Gasteiger partial charge is 0.492 e. The van der Waals surface area contributed by atoms with Crippen LogP contribution in [0.5, 0.6) is 5.75 Å². The predicted molar refractivity (Wildman–Crippen MR) is 67.0 cm³/mol. The second-order valence-electron chi connectivity index (χ2n) is 3.46. The summed E-state index contributed by atoms with van der Waals surface area (Å²) in [6.07, 6.45) is 1.38. The van der Waals surface area contributed by atoms with Crippen molar-refractivity contribution in [3.63, 3.8) is 0 Å². The summed E-state index contributed by atoms with van der Waals surface area (Å²) in [5, 5.41) is 6.03. The Morgan fingerprint density at radius 3 is 2.78 bits per heavy atom. The predicted octanol–water partition coefficient (Wildman–Crippen LogP) is 1.61. The number of nitrogens with zero attached hydrogens (tertiary/aromatic N) is 1. The summed E-state index contributed by atoms with van der Waals surface area (Å²) < 4.78 is 31.8. The molecule has 0 spiro atoms. The molecule has 0 bridgehead atoms. The molecule has 0 saturated carbocycles. The van der Waals surface area contributed by atoms with E-state index in [1.54, 1.807) is 24.3 Å². The van der Waals surface area contributed by atoms with E-state index in [0.29, 0.717) is 18.0 Å². The van der Waals surface area contributed by atoms with Gasteiger partial charge in [0.15, 0.2) is 5.03 Å². The normalized spacial score (nSPS) is 11.2. The van der Waals surface area contributed by atoms with Crippen molar-refractivity contribution in [3.8, 4) is 5.75 Å². The van der Waals surface area contributed by atoms with Crippen molar-refractivity contribution in [2.24, 2.45) is 0 Å². The number of para-hydroxylation sites is 2. The number of hydrogen-bond acceptors (Lipinski definition) is 4. The van der Waals surface area contributed by atoms with Crippen molar-refractivity contribution >= 4 is 15.7 Å². The average molecular weight is 267 g/mol. The Kier molecular flexibility index (Phi) is 3.52. The molecule has 18 heavy (non-hydrogen) atoms. The molecule has 1 aromatic heterocycles. The van der Waals surface area contributed by atoms with E-state index < -0.39 is 10.0 Å². The summed E-state index contributed by atoms with van der Waals surface area (Å²) in [7, 11) is -3.66. The third kappa shape index (κ3) is 2.62. The molecule has 2 aromatic rings. The van der Waals surface area contributed by atoms with Crippen molar-refractivity contribution in [1.82, 2.24) is 10.2 Å². The van der Waals surface area contributed by atoms with E-state index in [1.807, 2.05) is 6.92 Å². The van der Waals surface area contributed by atoms with Crippen LogP contribution in [0.1, 0.15) is 6.92 Å². The molecule has 0 aliphatic carbocycles. The lowest BCUT2D eigenvalue weighted by molar-refractivity contribution is 0.342. The van der Waals surface area contributed by atoms with Crippen LogP contribution < -0.4 is 9.46 Å². The number of H-pyrrole nitrogens is 1. The monoisotopic (exact) mass is 267 g/mol. The fourth-order valence-corrected chi connectivity index (χ4v) is 2.41. The highest BCUT2D eigenvalue weighted by molar-refractivity contribution is 7.92. The SMILES string of the molecule is CCOc1ccccc1NS(=O)(=O)c1ccn[nH]1. The summed E-state index contributed by atoms with van der Waals surface area (Å²) in [5.41, 5.74) is 0.397. The van der Waals surface area contributed by atoms with Gasteiger partial charge in [-0.05, 0) is 25.1 Å². The summed E-state index contributed by atoms with van der Waals surface area (Å²) in [4.78, 5) is 0. The van der Waals surface area contributed by atoms with Crippen LogP contribution in [0.3, 0.4) is 0 Å². The lowest BCUT2D eigenvalue weighted by Gasteiger charge is -2.11. The number of sulfonamides is 1. The zero-order chi connectivity index (χ0) is 13.0. The Morgan fingerprint density at radius 1 is 1.33 bits per heavy atom. The molecule has 0 aliphatic rings. The first-order chi connectivity index (χ1) is 8.63. The number of ether oxygens (including phenoxy) is 1. The fraction of sp³-hybridized carbons (Fsp3) is 0.182. The number of aromatic amines is 1. The van der Waals surface area contributed by atoms with Gasteiger partial charge in [0.25, 0.3) is 10.0 Å². The van der Waals surface area contributed by atoms with Crippen molar-refractivity contribution in [3.05, 3.63) is 36.5 Å². The molecule has 96 valence electrons. The maximum Gasteiger partial charge on any atom is 0.278 e. The third-order valence-corrected chi connectivity index (χ3v) is 3.49. The Labute approximate surface area is 105 Å². The minimum atomic E-state index is -3.66. The molecule has 0 aliphatic heterocycles. The molecule has 6 nitrogen and oxygen atoms in total. The highest BCUT2D eigenvalue weighted by Gasteiger charge is 2.17. The Balaban J connectivity index is 2.29. The van der Waals surface area contributed by atoms with Crippen molar-refractivity contribution in [2.45, 2.75) is 11.9 Å². The number of benzene rings is 1. The Hall–Kier alpha value is -2.02. The number of anilines is 1. The van der Waals surface area contributed by atoms with Crippen LogP contribution in [0, 0.1) is 0 Å². The van der Waals surface area contributed by atoms with Gasteiger partial charge < -0.3 is 4.74 Å². The van der Waals surface area contributed by atoms with E-state index in [9.17, 15) is 8.42 Å². The first kappa shape index (κ1) is 12.4. The van der Waals surface area contributed by atoms with E-state index in [4.69, 9.17) is 4.74 Å². The van der Waals surface area contributed by atoms with Gasteiger partial charge in [0.1, 0.15) is 5.75 Å². The number of nitrogens with one attached hydrogen (secondary N) is 2. The number of rotatable bonds is 5. The van der Waals surface area contributed by atoms with Gasteiger partial charge in [0, 0.05) is 0 Å². The summed E-state index contributed by atoms with van der Waals surface area (Å²) in [6.45, 7) is 2.29. The molecule has 2 N–H and O–H groups in total. The van der Waals surface area contributed by atoms with Gasteiger partial charge in [-0.15, -0.1) is 0 Å². The van der Waals surface area contributed by atoms with Gasteiger partial charge in [-0.25, -0.2) is 0 Å². The summed E-state index contributed by atoms with van der Waals surface area (Å²) >= 11 is 0. The molecule has 0 atom stereocenters. The summed E-state index contributed by atoms with van der Waals surface area (Å²) in [6, 6.07) is 8.23. The van der Waals surface area contributed by atoms with E-state index >= 15 is 0 Å². The van der Waals surface area contributed by atoms with Gasteiger partial charge >= 0.3 is 0 Å². The second-order valence-corrected chi connectivity index (χ2v) is 5.11. The molecule has 1 aromatic carbocycles. The van der Waals surface area contributed by atoms with Crippen molar-refractivity contribution in [2.75, 3.05) is 11.3 Å². The molecule has 0 radical (unpaired) electrons. The Bertz CT molecular complexity index is 608. The second kappa shape index (κ2) is 5.09. The van der Waals surface area contributed by atoms with Crippen LogP contribution in [-0.2, 0) is 10.0 Å². The molecule has 7 heteroatoms. The molecular formula is C11H13N3O3S. The third-order valence-electron chi connectivity index (χ3n) is 2.20. The smallest absolute Gasteiger partial charge is 0.278 e. The van der Waals surface area contributed by atoms with Crippen LogP contribution in [-0.4, -0.2) is 25.2 Å². The Morgan fingerprint density at radius 2 is 2.11 bits per heavy atom. The van der Waals surface area contributed by atoms with E-state index in [-0.39, 0.29) is 5.03 Å². The van der Waals surface area contributed by atoms with Gasteiger partial charge in [-0.3, -0.25) is 9.82 Å². The van der Waals surface area contributed by atoms with Crippen molar-refractivity contribution in [1.29, 1.82) is 0 Å². The first-order valence-corrected chi connectivity index (χ1v) is 6.86. The molecule has 0 unspecified atom stereocenters. The fourth-order valence-electron chi connectivity index (χ4n) is 1.42. The van der Waals surface area contributed by atoms with E-state index in [2.05, 4.69) is 14.9 Å². The lowest BCUT2D eigenvalue weighted by Crippen LogP contribution is -2.14. The van der Waals surface area contributed by atoms with Gasteiger partial charge in [0.2, 0.25) is 0 Å². The molecule has 2 rings (SSSR count). The molecule has 1 heterocycles. The number of hydrogen-bond donors (Lipinski definition) is 2. The van der Waals surface area contributed by atoms with Crippen LogP contribution >= 0.6 is 0 Å². The van der Waals surface area contributed by atoms with Crippen LogP contribution in [0.2, 0.25) is 0 Å². The topological polar surface area (TPSA) is 84.1 Å². The molecule has 0 saturated heterocycles. The maximum absolute atomic E-state index is 12.0. The van der Waals surface area contributed by atoms with Crippen LogP contribution in [0.4, 0.5) is 5.69 Å². The minimum absolute atomic E-state index is 0.00815. The van der Waals surface area contributed by atoms with Gasteiger partial charge in [-0.2, -0.15) is 13.5 Å². The highest BCUT2D eigenvalue weighted by Crippen LogP contribution is 2.25. The lowest BCUT2D eigenvalue weighted by atomic mass is 10.3. The van der Waals surface area contributed by atoms with E-state index in [1.165, 1.54) is 12.3 Å². The quantitative estimate of drug-likeness (QED) is 0.862. The van der Waals surface area contributed by atoms with Gasteiger partial charge in [0.05, 0.1) is 18.5 Å². The standard InChI is InChI=1S/C11H13N3O3S/c1-2-17-10-6-4-3-5-9(10)14-18(15,16)11-7-8-12-13-11/h3-8,14H,2H2,1H3,(H,12,13). The number of aromatic nitrogens is 2. The minimum Gasteiger partial charge on any atom is -0.492 e. The summed E-state index contributed by atoms with van der Waals surface area (Å²) in [5.74, 6) is 0.489. The zero-order valence-electron chi connectivity index (χ0n) is 9.75.